The predicted octanol–water partition coefficient (Wildman–Crippen LogP) is 14.0. The van der Waals surface area contributed by atoms with Gasteiger partial charge in [-0.1, -0.05) is 138 Å². The number of allylic oxidation sites excluding steroid dienone is 1. The summed E-state index contributed by atoms with van der Waals surface area (Å²) in [5.74, 6) is 0.143. The molecule has 392 valence electrons. The number of hydrogen-bond acceptors (Lipinski definition) is 10. The summed E-state index contributed by atoms with van der Waals surface area (Å²) in [4.78, 5) is 34.3. The highest BCUT2D eigenvalue weighted by Crippen LogP contribution is 2.62. The summed E-state index contributed by atoms with van der Waals surface area (Å²) in [6, 6.07) is 30.1. The van der Waals surface area contributed by atoms with Crippen molar-refractivity contribution < 1.29 is 39.0 Å². The average molecular weight is 998 g/mol. The van der Waals surface area contributed by atoms with Gasteiger partial charge in [0.15, 0.2) is 0 Å². The SMILES string of the molecule is C=CCO[C@@]12Oc3ccc(Oc4ccc(-c5ccccc5)cc4)cc3[C@H]3[C@H](CCCCO)[C@@H](CCCCO)C=C(C(=NOCc4ccc([N+](=O)[O-])cc4)C[C@@H]1N(CCC)C(=O)CCCCCCCCCCC)[C@H]32. The van der Waals surface area contributed by atoms with Crippen molar-refractivity contribution in [3.63, 3.8) is 0 Å². The van der Waals surface area contributed by atoms with Gasteiger partial charge in [-0.3, -0.25) is 14.9 Å². The van der Waals surface area contributed by atoms with Gasteiger partial charge in [0.05, 0.1) is 23.2 Å². The molecule has 2 N–H and O–H groups in total. The maximum atomic E-state index is 15.0. The molecule has 0 aromatic heterocycles. The van der Waals surface area contributed by atoms with E-state index in [-0.39, 0.29) is 55.8 Å². The van der Waals surface area contributed by atoms with Crippen LogP contribution in [0.15, 0.2) is 127 Å². The van der Waals surface area contributed by atoms with Crippen LogP contribution in [0.25, 0.3) is 11.1 Å². The van der Waals surface area contributed by atoms with Gasteiger partial charge in [0, 0.05) is 56.2 Å². The van der Waals surface area contributed by atoms with Crippen LogP contribution < -0.4 is 9.47 Å². The molecule has 0 radical (unpaired) electrons. The monoisotopic (exact) mass is 998 g/mol. The standard InChI is InChI=1S/C61H79N3O9/c1-4-7-8-9-10-11-12-13-17-26-58(67)63(37-5-2)57-43-55(62-71-44-45-27-31-49(32-28-45)64(68)69)53-41-48(24-18-20-38-65)52(25-19-21-39-66)59-54-42-51(35-36-56(54)73-61(57,60(53)59)70-40-6-3)72-50-33-29-47(30-34-50)46-22-15-14-16-23-46/h6,14-16,22-23,27-36,41-42,48,52,57,59-60,65-66H,3-5,7-13,17-21,24-26,37-40,43-44H2,1-2H3/t48-,52+,57-,59+,60+,61+/m0/s1. The number of aliphatic hydroxyl groups excluding tert-OH is 2. The number of fused-ring (bicyclic) bond motifs is 2. The van der Waals surface area contributed by atoms with Gasteiger partial charge in [-0.05, 0) is 115 Å². The number of rotatable bonds is 31. The van der Waals surface area contributed by atoms with Crippen molar-refractivity contribution in [1.29, 1.82) is 0 Å². The molecule has 1 saturated carbocycles. The molecule has 1 aliphatic heterocycles. The third kappa shape index (κ3) is 14.1. The third-order valence-corrected chi connectivity index (χ3v) is 15.1. The van der Waals surface area contributed by atoms with Crippen molar-refractivity contribution in [3.8, 4) is 28.4 Å². The number of carbonyl (C=O) groups is 1. The topological polar surface area (TPSA) is 153 Å². The molecule has 0 unspecified atom stereocenters. The van der Waals surface area contributed by atoms with E-state index in [1.165, 1.54) is 50.7 Å². The molecule has 3 aliphatic rings. The van der Waals surface area contributed by atoms with Crippen LogP contribution in [0.3, 0.4) is 0 Å². The van der Waals surface area contributed by atoms with Gasteiger partial charge in [0.2, 0.25) is 11.7 Å². The molecule has 1 heterocycles. The number of amides is 1. The number of aliphatic hydroxyl groups is 2. The molecule has 1 fully saturated rings. The first-order chi connectivity index (χ1) is 35.7. The van der Waals surface area contributed by atoms with Gasteiger partial charge in [0.1, 0.15) is 29.9 Å². The normalized spacial score (nSPS) is 21.3. The second-order valence-corrected chi connectivity index (χ2v) is 20.1. The number of benzene rings is 4. The minimum absolute atomic E-state index is 0.00423. The van der Waals surface area contributed by atoms with Crippen LogP contribution in [-0.4, -0.2) is 69.8 Å². The van der Waals surface area contributed by atoms with Crippen molar-refractivity contribution in [2.45, 2.75) is 154 Å². The summed E-state index contributed by atoms with van der Waals surface area (Å²) >= 11 is 0. The van der Waals surface area contributed by atoms with Crippen LogP contribution in [-0.2, 0) is 21.0 Å². The summed E-state index contributed by atoms with van der Waals surface area (Å²) < 4.78 is 21.4. The number of nitro benzene ring substituents is 1. The number of ether oxygens (including phenoxy) is 3. The molecule has 4 aromatic carbocycles. The molecule has 0 saturated heterocycles. The number of non-ortho nitro benzene ring substituents is 1. The molecule has 6 atom stereocenters. The Hall–Kier alpha value is -5.82. The highest BCUT2D eigenvalue weighted by molar-refractivity contribution is 6.03. The summed E-state index contributed by atoms with van der Waals surface area (Å²) in [5, 5.41) is 36.6. The molecule has 12 nitrogen and oxygen atoms in total. The fourth-order valence-electron chi connectivity index (χ4n) is 11.5. The van der Waals surface area contributed by atoms with Gasteiger partial charge >= 0.3 is 0 Å². The Kier molecular flexibility index (Phi) is 21.1. The molecule has 0 spiro atoms. The predicted molar refractivity (Wildman–Crippen MR) is 289 cm³/mol. The molecular weight excluding hydrogens is 919 g/mol. The fraction of sp³-hybridized carbons (Fsp3) is 0.508. The number of oxime groups is 1. The van der Waals surface area contributed by atoms with Crippen LogP contribution in [0, 0.1) is 27.9 Å². The first-order valence-corrected chi connectivity index (χ1v) is 27.3. The van der Waals surface area contributed by atoms with E-state index < -0.39 is 22.7 Å². The number of hydrogen-bond donors (Lipinski definition) is 2. The van der Waals surface area contributed by atoms with Gasteiger partial charge in [-0.2, -0.15) is 0 Å². The third-order valence-electron chi connectivity index (χ3n) is 15.1. The zero-order valence-corrected chi connectivity index (χ0v) is 43.3. The number of carbonyl (C=O) groups excluding carboxylic acids is 1. The van der Waals surface area contributed by atoms with E-state index >= 15 is 0 Å². The lowest BCUT2D eigenvalue weighted by Gasteiger charge is -2.60. The van der Waals surface area contributed by atoms with E-state index in [0.29, 0.717) is 55.2 Å². The molecule has 0 bridgehead atoms. The molecule has 2 aliphatic carbocycles. The van der Waals surface area contributed by atoms with Gasteiger partial charge < -0.3 is 34.2 Å². The maximum Gasteiger partial charge on any atom is 0.269 e. The highest BCUT2D eigenvalue weighted by atomic mass is 16.7. The Morgan fingerprint density at radius 2 is 1.49 bits per heavy atom. The van der Waals surface area contributed by atoms with Crippen molar-refractivity contribution in [3.05, 3.63) is 143 Å². The minimum atomic E-state index is -1.36. The quantitative estimate of drug-likeness (QED) is 0.0217. The Bertz CT molecular complexity index is 2420. The van der Waals surface area contributed by atoms with E-state index in [1.807, 2.05) is 47.4 Å². The minimum Gasteiger partial charge on any atom is -0.459 e. The molecule has 1 amide bonds. The first-order valence-electron chi connectivity index (χ1n) is 27.3. The molecule has 12 heteroatoms. The summed E-state index contributed by atoms with van der Waals surface area (Å²) in [6.07, 6.45) is 20.4. The highest BCUT2D eigenvalue weighted by Gasteiger charge is 2.65. The van der Waals surface area contributed by atoms with Crippen molar-refractivity contribution in [1.82, 2.24) is 4.90 Å². The van der Waals surface area contributed by atoms with Crippen molar-refractivity contribution in [2.24, 2.45) is 22.9 Å². The number of nitrogens with zero attached hydrogens (tertiary/aromatic N) is 3. The van der Waals surface area contributed by atoms with Crippen LogP contribution in [0.2, 0.25) is 0 Å². The molecule has 73 heavy (non-hydrogen) atoms. The van der Waals surface area contributed by atoms with E-state index in [0.717, 1.165) is 79.2 Å². The van der Waals surface area contributed by atoms with Crippen LogP contribution in [0.5, 0.6) is 17.2 Å². The lowest BCUT2D eigenvalue weighted by molar-refractivity contribution is -0.384. The van der Waals surface area contributed by atoms with Crippen LogP contribution in [0.1, 0.15) is 146 Å². The van der Waals surface area contributed by atoms with Crippen molar-refractivity contribution in [2.75, 3.05) is 26.4 Å². The largest absolute Gasteiger partial charge is 0.459 e. The summed E-state index contributed by atoms with van der Waals surface area (Å²) in [6.45, 7) is 9.36. The molecular formula is C61H79N3O9. The van der Waals surface area contributed by atoms with Gasteiger partial charge in [0.25, 0.3) is 5.69 Å². The Labute approximate surface area is 433 Å². The smallest absolute Gasteiger partial charge is 0.269 e. The lowest BCUT2D eigenvalue weighted by atomic mass is 9.55. The first kappa shape index (κ1) is 54.9. The second-order valence-electron chi connectivity index (χ2n) is 20.1. The van der Waals surface area contributed by atoms with E-state index in [9.17, 15) is 25.1 Å². The zero-order valence-electron chi connectivity index (χ0n) is 43.3. The average Bonchev–Trinajstić information content (AvgIpc) is 3.41. The van der Waals surface area contributed by atoms with Gasteiger partial charge in [-0.15, -0.1) is 6.58 Å². The number of unbranched alkanes of at least 4 members (excludes halogenated alkanes) is 10. The number of nitro groups is 1. The summed E-state index contributed by atoms with van der Waals surface area (Å²) in [5.41, 5.74) is 5.56. The van der Waals surface area contributed by atoms with E-state index in [2.05, 4.69) is 56.8 Å². The maximum absolute atomic E-state index is 15.0. The Morgan fingerprint density at radius 3 is 2.16 bits per heavy atom. The lowest BCUT2D eigenvalue weighted by Crippen LogP contribution is -2.70. The van der Waals surface area contributed by atoms with Gasteiger partial charge in [-0.25, -0.2) is 0 Å². The zero-order chi connectivity index (χ0) is 51.4. The van der Waals surface area contributed by atoms with E-state index in [4.69, 9.17) is 24.2 Å². The van der Waals surface area contributed by atoms with Crippen LogP contribution >= 0.6 is 0 Å². The summed E-state index contributed by atoms with van der Waals surface area (Å²) in [7, 11) is 0. The van der Waals surface area contributed by atoms with E-state index in [1.54, 1.807) is 18.2 Å². The molecule has 4 aromatic rings. The Morgan fingerprint density at radius 1 is 0.822 bits per heavy atom. The fourth-order valence-corrected chi connectivity index (χ4v) is 11.5. The van der Waals surface area contributed by atoms with Crippen LogP contribution in [0.4, 0.5) is 5.69 Å². The molecule has 7 rings (SSSR count). The second kappa shape index (κ2) is 28.0. The Balaban J connectivity index is 1.32. The van der Waals surface area contributed by atoms with Crippen molar-refractivity contribution >= 4 is 17.3 Å².